The first kappa shape index (κ1) is 49.3. The van der Waals surface area contributed by atoms with Gasteiger partial charge in [0.1, 0.15) is 0 Å². The molecule has 3 unspecified atom stereocenters. The second kappa shape index (κ2) is 21.4. The van der Waals surface area contributed by atoms with E-state index in [1.807, 2.05) is 0 Å². The summed E-state index contributed by atoms with van der Waals surface area (Å²) in [5.41, 5.74) is 19.7. The van der Waals surface area contributed by atoms with Crippen molar-refractivity contribution in [1.82, 2.24) is 9.13 Å². The van der Waals surface area contributed by atoms with Gasteiger partial charge < -0.3 is 28.7 Å². The summed E-state index contributed by atoms with van der Waals surface area (Å²) in [6, 6.07) is 87.9. The summed E-state index contributed by atoms with van der Waals surface area (Å²) in [4.78, 5) is 9.91. The van der Waals surface area contributed by atoms with E-state index < -0.39 is 0 Å². The maximum Gasteiger partial charge on any atom is 0.0559 e. The Labute approximate surface area is 481 Å². The molecule has 398 valence electrons. The van der Waals surface area contributed by atoms with E-state index in [2.05, 4.69) is 314 Å². The van der Waals surface area contributed by atoms with Crippen LogP contribution in [-0.4, -0.2) is 15.2 Å². The van der Waals surface area contributed by atoms with Gasteiger partial charge in [-0.1, -0.05) is 146 Å². The van der Waals surface area contributed by atoms with Crippen molar-refractivity contribution < 1.29 is 0 Å². The Bertz CT molecular complexity index is 4190. The molecule has 4 aliphatic rings. The fourth-order valence-electron chi connectivity index (χ4n) is 13.7. The summed E-state index contributed by atoms with van der Waals surface area (Å²) in [5, 5.41) is 3.83. The SMILES string of the molecule is C1=CCCC(N(c2ccccc2)c2ccc3c(c2)c2c(n3C3CCC3n3c4ccc(N(c5ccccc5)c5ccccc5)cc4c4cc(N(c5ccccc5)C5C=CC=CC5)ccc43)CCC(N(c3ccccc3)c3ccccc3)=C2)=C1. The van der Waals surface area contributed by atoms with Gasteiger partial charge in [0, 0.05) is 107 Å². The molecule has 0 saturated heterocycles. The molecule has 2 heterocycles. The fourth-order valence-corrected chi connectivity index (χ4v) is 13.7. The number of nitrogens with zero attached hydrogens (tertiary/aromatic N) is 6. The highest BCUT2D eigenvalue weighted by Gasteiger charge is 2.39. The molecule has 11 aromatic rings. The first-order chi connectivity index (χ1) is 40.7. The minimum Gasteiger partial charge on any atom is -0.339 e. The van der Waals surface area contributed by atoms with Crippen LogP contribution in [0, 0.1) is 0 Å². The van der Waals surface area contributed by atoms with Crippen LogP contribution in [0.1, 0.15) is 61.9 Å². The van der Waals surface area contributed by atoms with Crippen LogP contribution >= 0.6 is 0 Å². The Morgan fingerprint density at radius 2 is 0.817 bits per heavy atom. The standard InChI is InChI=1S/C76H64N6/c1-9-25-55(26-10-1)77(56-27-11-2-12-28-56)63-41-45-71-67(51-63)68-52-64(78(57-29-13-3-14-30-57)58-31-15-4-16-32-58)42-46-72(68)81(71)75-49-50-76(75)82-73-47-43-65(79(59-33-17-5-18-34-59)60-35-19-6-20-36-60)53-69(73)70-54-66(44-48-74(70)82)80(61-37-21-7-22-38-61)62-39-23-8-24-40-62/h1-23,25-31,33-39,41-42,44-46,48,51-54,58,75-76H,24,32,40,43,47,49-50H2. The Balaban J connectivity index is 0.924. The minimum atomic E-state index is 0.183. The third-order valence-electron chi connectivity index (χ3n) is 17.5. The van der Waals surface area contributed by atoms with Crippen molar-refractivity contribution in [2.45, 2.75) is 63.1 Å². The smallest absolute Gasteiger partial charge is 0.0559 e. The van der Waals surface area contributed by atoms with E-state index in [0.717, 1.165) is 62.0 Å². The lowest BCUT2D eigenvalue weighted by Gasteiger charge is -2.41. The Hall–Kier alpha value is -9.78. The summed E-state index contributed by atoms with van der Waals surface area (Å²) >= 11 is 0. The zero-order chi connectivity index (χ0) is 54.3. The van der Waals surface area contributed by atoms with Crippen molar-refractivity contribution in [3.05, 3.63) is 302 Å². The second-order valence-electron chi connectivity index (χ2n) is 22.2. The second-order valence-corrected chi connectivity index (χ2v) is 22.2. The molecular formula is C76H64N6. The van der Waals surface area contributed by atoms with Crippen molar-refractivity contribution in [3.8, 4) is 0 Å². The number of hydrogen-bond acceptors (Lipinski definition) is 4. The van der Waals surface area contributed by atoms with Gasteiger partial charge in [-0.2, -0.15) is 0 Å². The molecule has 1 fully saturated rings. The first-order valence-corrected chi connectivity index (χ1v) is 29.4. The van der Waals surface area contributed by atoms with Gasteiger partial charge in [0.2, 0.25) is 0 Å². The average Bonchev–Trinajstić information content (AvgIpc) is 3.83. The number of allylic oxidation sites excluding steroid dienone is 7. The molecule has 6 heteroatoms. The molecule has 2 aromatic heterocycles. The van der Waals surface area contributed by atoms with Gasteiger partial charge in [0.05, 0.1) is 18.1 Å². The molecule has 0 spiro atoms. The molecule has 0 N–H and O–H groups in total. The van der Waals surface area contributed by atoms with Gasteiger partial charge in [0.25, 0.3) is 0 Å². The molecule has 0 aliphatic heterocycles. The maximum atomic E-state index is 2.80. The van der Waals surface area contributed by atoms with Crippen LogP contribution in [0.3, 0.4) is 0 Å². The van der Waals surface area contributed by atoms with E-state index >= 15 is 0 Å². The topological polar surface area (TPSA) is 22.8 Å². The van der Waals surface area contributed by atoms with Crippen LogP contribution in [0.5, 0.6) is 0 Å². The third-order valence-corrected chi connectivity index (χ3v) is 17.5. The lowest BCUT2D eigenvalue weighted by Crippen LogP contribution is -2.33. The molecule has 9 aromatic carbocycles. The third kappa shape index (κ3) is 8.83. The number of para-hydroxylation sites is 6. The van der Waals surface area contributed by atoms with Crippen molar-refractivity contribution in [2.75, 3.05) is 19.6 Å². The normalized spacial score (nSPS) is 17.3. The van der Waals surface area contributed by atoms with E-state index in [-0.39, 0.29) is 18.1 Å². The van der Waals surface area contributed by atoms with E-state index in [1.165, 1.54) is 89.5 Å². The Morgan fingerprint density at radius 1 is 0.354 bits per heavy atom. The Kier molecular flexibility index (Phi) is 12.8. The molecule has 1 saturated carbocycles. The van der Waals surface area contributed by atoms with Gasteiger partial charge >= 0.3 is 0 Å². The summed E-state index contributed by atoms with van der Waals surface area (Å²) in [6.45, 7) is 0. The van der Waals surface area contributed by atoms with E-state index in [9.17, 15) is 0 Å². The summed E-state index contributed by atoms with van der Waals surface area (Å²) < 4.78 is 5.54. The number of anilines is 9. The first-order valence-electron chi connectivity index (χ1n) is 29.4. The summed E-state index contributed by atoms with van der Waals surface area (Å²) in [7, 11) is 0. The minimum absolute atomic E-state index is 0.183. The molecule has 0 radical (unpaired) electrons. The molecule has 0 bridgehead atoms. The maximum absolute atomic E-state index is 2.80. The van der Waals surface area contributed by atoms with Crippen LogP contribution in [-0.2, 0) is 6.42 Å². The molecule has 15 rings (SSSR count). The van der Waals surface area contributed by atoms with Crippen LogP contribution in [0.15, 0.2) is 291 Å². The number of aromatic nitrogens is 2. The van der Waals surface area contributed by atoms with E-state index in [0.29, 0.717) is 0 Å². The van der Waals surface area contributed by atoms with Gasteiger partial charge in [-0.3, -0.25) is 0 Å². The summed E-state index contributed by atoms with van der Waals surface area (Å²) in [6.07, 6.45) is 25.3. The quantitative estimate of drug-likeness (QED) is 0.108. The number of fused-ring (bicyclic) bond motifs is 6. The fraction of sp³-hybridized carbons (Fsp3) is 0.132. The highest BCUT2D eigenvalue weighted by Crippen LogP contribution is 2.53. The molecule has 0 amide bonds. The number of benzene rings is 9. The summed E-state index contributed by atoms with van der Waals surface area (Å²) in [5.74, 6) is 0. The largest absolute Gasteiger partial charge is 0.339 e. The van der Waals surface area contributed by atoms with E-state index in [4.69, 9.17) is 0 Å². The van der Waals surface area contributed by atoms with Crippen LogP contribution < -0.4 is 19.6 Å². The van der Waals surface area contributed by atoms with Crippen LogP contribution in [0.2, 0.25) is 0 Å². The molecule has 4 aliphatic carbocycles. The van der Waals surface area contributed by atoms with Gasteiger partial charge in [0.15, 0.2) is 0 Å². The van der Waals surface area contributed by atoms with E-state index in [1.54, 1.807) is 0 Å². The molecule has 6 nitrogen and oxygen atoms in total. The highest BCUT2D eigenvalue weighted by molar-refractivity contribution is 6.11. The van der Waals surface area contributed by atoms with Crippen molar-refractivity contribution in [1.29, 1.82) is 0 Å². The van der Waals surface area contributed by atoms with Crippen molar-refractivity contribution >= 4 is 90.0 Å². The van der Waals surface area contributed by atoms with Gasteiger partial charge in [-0.25, -0.2) is 0 Å². The monoisotopic (exact) mass is 1060 g/mol. The van der Waals surface area contributed by atoms with Gasteiger partial charge in [-0.15, -0.1) is 0 Å². The number of rotatable bonds is 14. The lowest BCUT2D eigenvalue weighted by atomic mass is 9.84. The zero-order valence-corrected chi connectivity index (χ0v) is 46.0. The molecule has 82 heavy (non-hydrogen) atoms. The predicted molar refractivity (Wildman–Crippen MR) is 345 cm³/mol. The van der Waals surface area contributed by atoms with Crippen LogP contribution in [0.25, 0.3) is 38.8 Å². The molecule has 3 atom stereocenters. The average molecular weight is 1060 g/mol. The predicted octanol–water partition coefficient (Wildman–Crippen LogP) is 20.3. The van der Waals surface area contributed by atoms with Crippen LogP contribution in [0.4, 0.5) is 51.2 Å². The highest BCUT2D eigenvalue weighted by atomic mass is 15.2. The van der Waals surface area contributed by atoms with Gasteiger partial charge in [-0.05, 0) is 184 Å². The zero-order valence-electron chi connectivity index (χ0n) is 46.0. The number of hydrogen-bond donors (Lipinski definition) is 0. The molecular weight excluding hydrogens is 997 g/mol. The van der Waals surface area contributed by atoms with Crippen molar-refractivity contribution in [3.63, 3.8) is 0 Å². The Morgan fingerprint density at radius 3 is 1.33 bits per heavy atom. The lowest BCUT2D eigenvalue weighted by molar-refractivity contribution is 0.197. The van der Waals surface area contributed by atoms with Crippen molar-refractivity contribution in [2.24, 2.45) is 0 Å².